The molecule has 9 heteroatoms. The Balaban J connectivity index is 1.68. The Labute approximate surface area is 169 Å². The Bertz CT molecular complexity index is 795. The Hall–Kier alpha value is -0.860. The number of amides is 1. The van der Waals surface area contributed by atoms with Gasteiger partial charge in [0.15, 0.2) is 0 Å². The molecule has 1 saturated heterocycles. The summed E-state index contributed by atoms with van der Waals surface area (Å²) in [6.07, 6.45) is 3.85. The molecule has 1 unspecified atom stereocenters. The van der Waals surface area contributed by atoms with E-state index in [-0.39, 0.29) is 39.5 Å². The van der Waals surface area contributed by atoms with Gasteiger partial charge in [0, 0.05) is 19.1 Å². The van der Waals surface area contributed by atoms with Crippen molar-refractivity contribution in [2.75, 3.05) is 13.1 Å². The second kappa shape index (κ2) is 8.66. The van der Waals surface area contributed by atoms with Crippen LogP contribution in [-0.2, 0) is 14.8 Å². The summed E-state index contributed by atoms with van der Waals surface area (Å²) < 4.78 is 27.3. The average Bonchev–Trinajstić information content (AvgIpc) is 2.65. The average molecular weight is 435 g/mol. The number of nitrogens with zero attached hydrogens (tertiary/aromatic N) is 1. The molecule has 3 rings (SSSR count). The third kappa shape index (κ3) is 4.77. The van der Waals surface area contributed by atoms with Crippen molar-refractivity contribution in [2.24, 2.45) is 5.92 Å². The highest BCUT2D eigenvalue weighted by Crippen LogP contribution is 2.32. The highest BCUT2D eigenvalue weighted by molar-refractivity contribution is 7.89. The standard InChI is InChI=1S/C18H24Cl2N2O4S/c19-15-4-1-5-16(17(15)20)27(25,26)22-10-2-3-12(11-22)18(24)21-13-6-8-14(23)9-7-13/h1,4-5,12-14,23H,2-3,6-11H2,(H,21,24). The Morgan fingerprint density at radius 1 is 1.15 bits per heavy atom. The third-order valence-corrected chi connectivity index (χ3v) is 8.17. The van der Waals surface area contributed by atoms with Crippen LogP contribution in [0.2, 0.25) is 10.0 Å². The van der Waals surface area contributed by atoms with Gasteiger partial charge in [0.2, 0.25) is 15.9 Å². The SMILES string of the molecule is O=C(NC1CCC(O)CC1)C1CCCN(S(=O)(=O)c2cccc(Cl)c2Cl)C1. The lowest BCUT2D eigenvalue weighted by Gasteiger charge is -2.33. The van der Waals surface area contributed by atoms with E-state index in [0.717, 1.165) is 12.8 Å². The number of sulfonamides is 1. The van der Waals surface area contributed by atoms with Crippen molar-refractivity contribution < 1.29 is 18.3 Å². The summed E-state index contributed by atoms with van der Waals surface area (Å²) in [7, 11) is -3.82. The fourth-order valence-corrected chi connectivity index (χ4v) is 6.00. The van der Waals surface area contributed by atoms with Gasteiger partial charge < -0.3 is 10.4 Å². The van der Waals surface area contributed by atoms with Crippen molar-refractivity contribution in [3.8, 4) is 0 Å². The molecule has 0 bridgehead atoms. The van der Waals surface area contributed by atoms with Gasteiger partial charge in [0.1, 0.15) is 4.90 Å². The van der Waals surface area contributed by atoms with Gasteiger partial charge >= 0.3 is 0 Å². The van der Waals surface area contributed by atoms with Crippen LogP contribution < -0.4 is 5.32 Å². The molecule has 1 saturated carbocycles. The lowest BCUT2D eigenvalue weighted by atomic mass is 9.92. The Morgan fingerprint density at radius 3 is 2.56 bits per heavy atom. The number of carbonyl (C=O) groups excluding carboxylic acids is 1. The zero-order chi connectivity index (χ0) is 19.6. The molecule has 1 heterocycles. The number of aliphatic hydroxyl groups is 1. The lowest BCUT2D eigenvalue weighted by molar-refractivity contribution is -0.127. The number of nitrogens with one attached hydrogen (secondary N) is 1. The zero-order valence-corrected chi connectivity index (χ0v) is 17.2. The van der Waals surface area contributed by atoms with Crippen LogP contribution in [0.25, 0.3) is 0 Å². The van der Waals surface area contributed by atoms with Crippen LogP contribution >= 0.6 is 23.2 Å². The minimum absolute atomic E-state index is 0.00602. The molecule has 1 aliphatic heterocycles. The summed E-state index contributed by atoms with van der Waals surface area (Å²) in [4.78, 5) is 12.6. The van der Waals surface area contributed by atoms with E-state index >= 15 is 0 Å². The second-order valence-electron chi connectivity index (χ2n) is 7.27. The number of piperidine rings is 1. The molecule has 2 N–H and O–H groups in total. The van der Waals surface area contributed by atoms with Gasteiger partial charge in [-0.3, -0.25) is 4.79 Å². The molecule has 150 valence electrons. The first-order valence-corrected chi connectivity index (χ1v) is 11.4. The fraction of sp³-hybridized carbons (Fsp3) is 0.611. The normalized spacial score (nSPS) is 27.3. The summed E-state index contributed by atoms with van der Waals surface area (Å²) in [5, 5.41) is 12.8. The van der Waals surface area contributed by atoms with Gasteiger partial charge in [-0.25, -0.2) is 8.42 Å². The van der Waals surface area contributed by atoms with Crippen molar-refractivity contribution in [3.05, 3.63) is 28.2 Å². The predicted octanol–water partition coefficient (Wildman–Crippen LogP) is 2.81. The summed E-state index contributed by atoms with van der Waals surface area (Å²) >= 11 is 12.1. The zero-order valence-electron chi connectivity index (χ0n) is 14.9. The van der Waals surface area contributed by atoms with Gasteiger partial charge in [0.25, 0.3) is 0 Å². The van der Waals surface area contributed by atoms with Gasteiger partial charge in [-0.1, -0.05) is 29.3 Å². The van der Waals surface area contributed by atoms with Crippen molar-refractivity contribution in [3.63, 3.8) is 0 Å². The number of benzene rings is 1. The first-order chi connectivity index (χ1) is 12.8. The molecule has 1 aromatic rings. The van der Waals surface area contributed by atoms with Crippen LogP contribution in [0.3, 0.4) is 0 Å². The Morgan fingerprint density at radius 2 is 1.85 bits per heavy atom. The van der Waals surface area contributed by atoms with E-state index in [0.29, 0.717) is 32.2 Å². The monoisotopic (exact) mass is 434 g/mol. The molecule has 2 fully saturated rings. The summed E-state index contributed by atoms with van der Waals surface area (Å²) in [5.41, 5.74) is 0. The second-order valence-corrected chi connectivity index (χ2v) is 9.96. The molecular formula is C18H24Cl2N2O4S. The van der Waals surface area contributed by atoms with Gasteiger partial charge in [-0.05, 0) is 50.7 Å². The lowest BCUT2D eigenvalue weighted by Crippen LogP contribution is -2.48. The number of hydrogen-bond donors (Lipinski definition) is 2. The van der Waals surface area contributed by atoms with E-state index in [9.17, 15) is 18.3 Å². The molecule has 6 nitrogen and oxygen atoms in total. The summed E-state index contributed by atoms with van der Waals surface area (Å²) in [6.45, 7) is 0.483. The van der Waals surface area contributed by atoms with Crippen molar-refractivity contribution in [1.82, 2.24) is 9.62 Å². The fourth-order valence-electron chi connectivity index (χ4n) is 3.74. The molecule has 1 aliphatic carbocycles. The van der Waals surface area contributed by atoms with E-state index in [2.05, 4.69) is 5.32 Å². The van der Waals surface area contributed by atoms with Crippen LogP contribution in [0.5, 0.6) is 0 Å². The maximum absolute atomic E-state index is 13.0. The topological polar surface area (TPSA) is 86.7 Å². The number of rotatable bonds is 4. The van der Waals surface area contributed by atoms with Crippen LogP contribution in [0.1, 0.15) is 38.5 Å². The highest BCUT2D eigenvalue weighted by Gasteiger charge is 2.35. The predicted molar refractivity (Wildman–Crippen MR) is 104 cm³/mol. The molecule has 0 aromatic heterocycles. The van der Waals surface area contributed by atoms with E-state index in [1.165, 1.54) is 16.4 Å². The minimum atomic E-state index is -3.82. The van der Waals surface area contributed by atoms with Gasteiger partial charge in [0.05, 0.1) is 22.1 Å². The smallest absolute Gasteiger partial charge is 0.244 e. The van der Waals surface area contributed by atoms with Gasteiger partial charge in [-0.2, -0.15) is 4.31 Å². The highest BCUT2D eigenvalue weighted by atomic mass is 35.5. The number of carbonyl (C=O) groups is 1. The molecule has 27 heavy (non-hydrogen) atoms. The number of hydrogen-bond acceptors (Lipinski definition) is 4. The number of aliphatic hydroxyl groups excluding tert-OH is 1. The summed E-state index contributed by atoms with van der Waals surface area (Å²) in [6, 6.07) is 4.57. The molecular weight excluding hydrogens is 411 g/mol. The van der Waals surface area contributed by atoms with E-state index < -0.39 is 15.9 Å². The van der Waals surface area contributed by atoms with Gasteiger partial charge in [-0.15, -0.1) is 0 Å². The van der Waals surface area contributed by atoms with E-state index in [4.69, 9.17) is 23.2 Å². The molecule has 1 amide bonds. The largest absolute Gasteiger partial charge is 0.393 e. The van der Waals surface area contributed by atoms with E-state index in [1.54, 1.807) is 6.07 Å². The van der Waals surface area contributed by atoms with Crippen molar-refractivity contribution in [1.29, 1.82) is 0 Å². The van der Waals surface area contributed by atoms with Crippen LogP contribution in [0.15, 0.2) is 23.1 Å². The van der Waals surface area contributed by atoms with Crippen LogP contribution in [-0.4, -0.2) is 49.0 Å². The minimum Gasteiger partial charge on any atom is -0.393 e. The molecule has 1 atom stereocenters. The molecule has 0 radical (unpaired) electrons. The molecule has 1 aromatic carbocycles. The first-order valence-electron chi connectivity index (χ1n) is 9.21. The van der Waals surface area contributed by atoms with Crippen LogP contribution in [0.4, 0.5) is 0 Å². The first kappa shape index (κ1) is 20.9. The van der Waals surface area contributed by atoms with Crippen molar-refractivity contribution in [2.45, 2.75) is 55.6 Å². The van der Waals surface area contributed by atoms with Crippen molar-refractivity contribution >= 4 is 39.1 Å². The van der Waals surface area contributed by atoms with Crippen LogP contribution in [0, 0.1) is 5.92 Å². The molecule has 2 aliphatic rings. The van der Waals surface area contributed by atoms with E-state index in [1.807, 2.05) is 0 Å². The number of halogens is 2. The Kier molecular flexibility index (Phi) is 6.69. The maximum atomic E-state index is 13.0. The quantitative estimate of drug-likeness (QED) is 0.762. The maximum Gasteiger partial charge on any atom is 0.244 e. The third-order valence-electron chi connectivity index (χ3n) is 5.33. The molecule has 0 spiro atoms. The summed E-state index contributed by atoms with van der Waals surface area (Å²) in [5.74, 6) is -0.508.